The van der Waals surface area contributed by atoms with Gasteiger partial charge in [0.25, 0.3) is 0 Å². The summed E-state index contributed by atoms with van der Waals surface area (Å²) in [7, 11) is 1.19. The standard InChI is InChI=1S/C31H32ClFN4O5/c1-31(2,3)42-30(40)35-16-14-34(15-17-35)22-9-11-23(12-10-22)37-26-18-21(32)8-13-25(26)36(29(37)39)19-20-6-5-7-24(27(20)33)28(38)41-4/h5-13,18H,14-17,19H2,1-4H3. The quantitative estimate of drug-likeness (QED) is 0.285. The number of anilines is 1. The molecule has 1 amide bonds. The van der Waals surface area contributed by atoms with E-state index >= 15 is 4.39 Å². The molecule has 1 aliphatic heterocycles. The molecule has 11 heteroatoms. The van der Waals surface area contributed by atoms with Gasteiger partial charge in [-0.05, 0) is 69.3 Å². The van der Waals surface area contributed by atoms with Crippen LogP contribution < -0.4 is 10.6 Å². The Labute approximate surface area is 247 Å². The molecule has 1 aromatic heterocycles. The van der Waals surface area contributed by atoms with Crippen molar-refractivity contribution < 1.29 is 23.5 Å². The minimum atomic E-state index is -0.790. The molecule has 2 heterocycles. The summed E-state index contributed by atoms with van der Waals surface area (Å²) in [4.78, 5) is 42.1. The van der Waals surface area contributed by atoms with Crippen molar-refractivity contribution in [1.82, 2.24) is 14.0 Å². The third kappa shape index (κ3) is 5.85. The number of amides is 1. The highest BCUT2D eigenvalue weighted by Crippen LogP contribution is 2.26. The maximum atomic E-state index is 15.2. The van der Waals surface area contributed by atoms with E-state index in [9.17, 15) is 14.4 Å². The van der Waals surface area contributed by atoms with Crippen molar-refractivity contribution in [3.63, 3.8) is 0 Å². The van der Waals surface area contributed by atoms with Crippen LogP contribution in [0.4, 0.5) is 14.9 Å². The molecule has 5 rings (SSSR count). The van der Waals surface area contributed by atoms with E-state index in [0.29, 0.717) is 47.9 Å². The van der Waals surface area contributed by atoms with Crippen molar-refractivity contribution in [2.45, 2.75) is 32.9 Å². The molecular formula is C31H32ClFN4O5. The van der Waals surface area contributed by atoms with E-state index in [4.69, 9.17) is 16.3 Å². The van der Waals surface area contributed by atoms with Crippen molar-refractivity contribution in [3.8, 4) is 5.69 Å². The summed E-state index contributed by atoms with van der Waals surface area (Å²) in [6.07, 6.45) is -0.316. The molecular weight excluding hydrogens is 563 g/mol. The number of piperazine rings is 1. The molecule has 0 atom stereocenters. The van der Waals surface area contributed by atoms with Gasteiger partial charge in [-0.15, -0.1) is 0 Å². The highest BCUT2D eigenvalue weighted by Gasteiger charge is 2.26. The number of hydrogen-bond acceptors (Lipinski definition) is 6. The van der Waals surface area contributed by atoms with Crippen molar-refractivity contribution in [3.05, 3.63) is 93.1 Å². The van der Waals surface area contributed by atoms with Gasteiger partial charge in [0, 0.05) is 42.5 Å². The lowest BCUT2D eigenvalue weighted by atomic mass is 10.1. The Balaban J connectivity index is 1.42. The lowest BCUT2D eigenvalue weighted by Crippen LogP contribution is -2.50. The van der Waals surface area contributed by atoms with Crippen molar-refractivity contribution in [1.29, 1.82) is 0 Å². The fourth-order valence-corrected chi connectivity index (χ4v) is 5.23. The number of rotatable bonds is 5. The molecule has 0 unspecified atom stereocenters. The molecule has 1 saturated heterocycles. The Bertz CT molecular complexity index is 1700. The van der Waals surface area contributed by atoms with Crippen molar-refractivity contribution >= 4 is 40.4 Å². The summed E-state index contributed by atoms with van der Waals surface area (Å²) >= 11 is 6.31. The summed E-state index contributed by atoms with van der Waals surface area (Å²) in [5, 5.41) is 0.451. The van der Waals surface area contributed by atoms with Crippen LogP contribution in [0, 0.1) is 5.82 Å². The molecule has 9 nitrogen and oxygen atoms in total. The van der Waals surface area contributed by atoms with Crippen LogP contribution in [-0.4, -0.2) is 65.0 Å². The number of fused-ring (bicyclic) bond motifs is 1. The van der Waals surface area contributed by atoms with Crippen LogP contribution in [0.1, 0.15) is 36.7 Å². The zero-order valence-electron chi connectivity index (χ0n) is 23.9. The van der Waals surface area contributed by atoms with Gasteiger partial charge in [0.15, 0.2) is 0 Å². The monoisotopic (exact) mass is 594 g/mol. The average molecular weight is 595 g/mol. The third-order valence-electron chi connectivity index (χ3n) is 7.11. The van der Waals surface area contributed by atoms with Crippen LogP contribution in [0.2, 0.25) is 5.02 Å². The van der Waals surface area contributed by atoms with Gasteiger partial charge in [0.1, 0.15) is 11.4 Å². The van der Waals surface area contributed by atoms with E-state index in [0.717, 1.165) is 5.69 Å². The highest BCUT2D eigenvalue weighted by molar-refractivity contribution is 6.31. The number of carbonyl (C=O) groups excluding carboxylic acids is 2. The number of hydrogen-bond donors (Lipinski definition) is 0. The SMILES string of the molecule is COC(=O)c1cccc(Cn2c(=O)n(-c3ccc(N4CCN(C(=O)OC(C)(C)C)CC4)cc3)c3cc(Cl)ccc32)c1F. The average Bonchev–Trinajstić information content (AvgIpc) is 3.22. The van der Waals surface area contributed by atoms with Crippen LogP contribution in [0.5, 0.6) is 0 Å². The van der Waals surface area contributed by atoms with E-state index in [2.05, 4.69) is 9.64 Å². The smallest absolute Gasteiger partial charge is 0.410 e. The number of halogens is 2. The van der Waals surface area contributed by atoms with Crippen molar-refractivity contribution in [2.24, 2.45) is 0 Å². The predicted molar refractivity (Wildman–Crippen MR) is 159 cm³/mol. The number of imidazole rings is 1. The lowest BCUT2D eigenvalue weighted by molar-refractivity contribution is 0.0240. The van der Waals surface area contributed by atoms with Gasteiger partial charge in [-0.2, -0.15) is 0 Å². The van der Waals surface area contributed by atoms with Gasteiger partial charge in [-0.3, -0.25) is 9.13 Å². The first-order chi connectivity index (χ1) is 20.0. The second-order valence-electron chi connectivity index (χ2n) is 11.1. The second kappa shape index (κ2) is 11.5. The first kappa shape index (κ1) is 29.2. The summed E-state index contributed by atoms with van der Waals surface area (Å²) in [6.45, 7) is 7.81. The van der Waals surface area contributed by atoms with E-state index in [1.807, 2.05) is 45.0 Å². The first-order valence-corrected chi connectivity index (χ1v) is 13.9. The van der Waals surface area contributed by atoms with E-state index in [1.54, 1.807) is 29.2 Å². The van der Waals surface area contributed by atoms with E-state index in [-0.39, 0.29) is 29.5 Å². The van der Waals surface area contributed by atoms with Crippen LogP contribution in [0.25, 0.3) is 16.7 Å². The number of carbonyl (C=O) groups is 2. The molecule has 1 aliphatic rings. The van der Waals surface area contributed by atoms with Crippen LogP contribution in [-0.2, 0) is 16.0 Å². The molecule has 0 radical (unpaired) electrons. The molecule has 42 heavy (non-hydrogen) atoms. The Morgan fingerprint density at radius 3 is 2.24 bits per heavy atom. The molecule has 1 fully saturated rings. The number of ether oxygens (including phenoxy) is 2. The van der Waals surface area contributed by atoms with Crippen molar-refractivity contribution in [2.75, 3.05) is 38.2 Å². The minimum Gasteiger partial charge on any atom is -0.465 e. The molecule has 0 N–H and O–H groups in total. The lowest BCUT2D eigenvalue weighted by Gasteiger charge is -2.36. The summed E-state index contributed by atoms with van der Waals surface area (Å²) < 4.78 is 28.4. The number of aromatic nitrogens is 2. The Hall–Kier alpha value is -4.31. The number of methoxy groups -OCH3 is 1. The maximum absolute atomic E-state index is 15.2. The van der Waals surface area contributed by atoms with Gasteiger partial charge >= 0.3 is 17.8 Å². The molecule has 0 aliphatic carbocycles. The van der Waals surface area contributed by atoms with Gasteiger partial charge in [-0.1, -0.05) is 23.7 Å². The van der Waals surface area contributed by atoms with Crippen LogP contribution >= 0.6 is 11.6 Å². The van der Waals surface area contributed by atoms with Gasteiger partial charge in [0.05, 0.1) is 35.9 Å². The highest BCUT2D eigenvalue weighted by atomic mass is 35.5. The van der Waals surface area contributed by atoms with Gasteiger partial charge < -0.3 is 19.3 Å². The van der Waals surface area contributed by atoms with E-state index in [1.165, 1.54) is 28.4 Å². The zero-order valence-corrected chi connectivity index (χ0v) is 24.7. The number of nitrogens with zero attached hydrogens (tertiary/aromatic N) is 4. The Morgan fingerprint density at radius 1 is 0.929 bits per heavy atom. The molecule has 3 aromatic carbocycles. The molecule has 0 bridgehead atoms. The van der Waals surface area contributed by atoms with E-state index < -0.39 is 17.4 Å². The molecule has 0 saturated carbocycles. The molecule has 220 valence electrons. The largest absolute Gasteiger partial charge is 0.465 e. The van der Waals surface area contributed by atoms with Gasteiger partial charge in [0.2, 0.25) is 0 Å². The Morgan fingerprint density at radius 2 is 1.60 bits per heavy atom. The Kier molecular flexibility index (Phi) is 8.01. The number of benzene rings is 3. The maximum Gasteiger partial charge on any atom is 0.410 e. The summed E-state index contributed by atoms with van der Waals surface area (Å²) in [5.41, 5.74) is 1.76. The fraction of sp³-hybridized carbons (Fsp3) is 0.323. The molecule has 4 aromatic rings. The molecule has 0 spiro atoms. The number of esters is 1. The zero-order chi connectivity index (χ0) is 30.2. The van der Waals surface area contributed by atoms with Crippen LogP contribution in [0.3, 0.4) is 0 Å². The minimum absolute atomic E-state index is 0.0966. The van der Waals surface area contributed by atoms with Crippen LogP contribution in [0.15, 0.2) is 65.5 Å². The normalized spacial score (nSPS) is 13.9. The predicted octanol–water partition coefficient (Wildman–Crippen LogP) is 5.48. The summed E-state index contributed by atoms with van der Waals surface area (Å²) in [5.74, 6) is -1.52. The third-order valence-corrected chi connectivity index (χ3v) is 7.34. The fourth-order valence-electron chi connectivity index (χ4n) is 5.06. The second-order valence-corrected chi connectivity index (χ2v) is 11.5. The van der Waals surface area contributed by atoms with Gasteiger partial charge in [-0.25, -0.2) is 18.8 Å². The topological polar surface area (TPSA) is 86.0 Å². The first-order valence-electron chi connectivity index (χ1n) is 13.6. The summed E-state index contributed by atoms with van der Waals surface area (Å²) in [6, 6.07) is 17.1.